The second-order valence-electron chi connectivity index (χ2n) is 3.01. The number of alkyl halides is 1. The predicted molar refractivity (Wildman–Crippen MR) is 71.9 cm³/mol. The molecule has 2 N–H and O–H groups in total. The van der Waals surface area contributed by atoms with E-state index in [4.69, 9.17) is 17.3 Å². The van der Waals surface area contributed by atoms with E-state index in [0.717, 1.165) is 16.3 Å². The van der Waals surface area contributed by atoms with Crippen molar-refractivity contribution in [1.82, 2.24) is 4.98 Å². The number of hydrogen-bond acceptors (Lipinski definition) is 3. The first kappa shape index (κ1) is 12.9. The van der Waals surface area contributed by atoms with Crippen molar-refractivity contribution in [1.29, 1.82) is 0 Å². The Bertz CT molecular complexity index is 399. The average Bonchev–Trinajstić information content (AvgIpc) is 2.35. The second-order valence-corrected chi connectivity index (χ2v) is 3.76. The number of anilines is 1. The Morgan fingerprint density at radius 3 is 2.19 bits per heavy atom. The van der Waals surface area contributed by atoms with Crippen molar-refractivity contribution in [3.63, 3.8) is 0 Å². The first-order valence-corrected chi connectivity index (χ1v) is 5.71. The quantitative estimate of drug-likeness (QED) is 0.464. The Morgan fingerprint density at radius 1 is 1.12 bits per heavy atom. The van der Waals surface area contributed by atoms with E-state index in [1.807, 2.05) is 42.5 Å². The summed E-state index contributed by atoms with van der Waals surface area (Å²) in [6.45, 7) is 0. The molecule has 4 heteroatoms. The maximum Gasteiger partial charge on any atom is 0.0647 e. The van der Waals surface area contributed by atoms with Gasteiger partial charge in [-0.15, -0.1) is 24.2 Å². The van der Waals surface area contributed by atoms with Crippen LogP contribution in [0.1, 0.15) is 5.69 Å². The largest absolute Gasteiger partial charge is 0.398 e. The minimum atomic E-state index is 0.501. The molecule has 84 valence electrons. The molecule has 1 aromatic carbocycles. The number of thiol groups is 1. The molecule has 0 atom stereocenters. The molecule has 2 rings (SSSR count). The van der Waals surface area contributed by atoms with Crippen LogP contribution in [-0.4, -0.2) is 4.98 Å². The van der Waals surface area contributed by atoms with Crippen LogP contribution >= 0.6 is 24.2 Å². The van der Waals surface area contributed by atoms with Crippen LogP contribution in [-0.2, 0) is 5.88 Å². The van der Waals surface area contributed by atoms with Crippen molar-refractivity contribution < 1.29 is 0 Å². The minimum absolute atomic E-state index is 0.501. The topological polar surface area (TPSA) is 38.9 Å². The number of hydrogen-bond donors (Lipinski definition) is 2. The average molecular weight is 253 g/mol. The zero-order chi connectivity index (χ0) is 11.8. The number of aromatic nitrogens is 1. The lowest BCUT2D eigenvalue weighted by atomic mass is 10.3. The van der Waals surface area contributed by atoms with E-state index in [9.17, 15) is 0 Å². The van der Waals surface area contributed by atoms with Crippen LogP contribution in [0, 0.1) is 0 Å². The molecular weight excluding hydrogens is 240 g/mol. The molecule has 0 radical (unpaired) electrons. The smallest absolute Gasteiger partial charge is 0.0647 e. The highest BCUT2D eigenvalue weighted by atomic mass is 35.5. The Balaban J connectivity index is 0.000000160. The van der Waals surface area contributed by atoms with Crippen molar-refractivity contribution >= 4 is 29.9 Å². The Kier molecular flexibility index (Phi) is 5.75. The predicted octanol–water partition coefficient (Wildman–Crippen LogP) is 3.38. The van der Waals surface area contributed by atoms with Crippen molar-refractivity contribution in [2.24, 2.45) is 0 Å². The fourth-order valence-electron chi connectivity index (χ4n) is 0.965. The lowest BCUT2D eigenvalue weighted by Gasteiger charge is -1.92. The molecule has 1 heterocycles. The van der Waals surface area contributed by atoms with E-state index in [1.165, 1.54) is 0 Å². The van der Waals surface area contributed by atoms with Gasteiger partial charge in [-0.1, -0.05) is 18.2 Å². The molecule has 1 aromatic heterocycles. The third-order valence-electron chi connectivity index (χ3n) is 1.80. The van der Waals surface area contributed by atoms with Gasteiger partial charge >= 0.3 is 0 Å². The molecule has 0 amide bonds. The molecule has 2 aromatic rings. The van der Waals surface area contributed by atoms with E-state index in [0.29, 0.717) is 5.88 Å². The zero-order valence-corrected chi connectivity index (χ0v) is 10.3. The third kappa shape index (κ3) is 4.55. The Labute approximate surface area is 106 Å². The van der Waals surface area contributed by atoms with Gasteiger partial charge in [-0.2, -0.15) is 0 Å². The summed E-state index contributed by atoms with van der Waals surface area (Å²) in [6.07, 6.45) is 1.73. The van der Waals surface area contributed by atoms with Crippen LogP contribution in [0.15, 0.2) is 53.6 Å². The molecule has 16 heavy (non-hydrogen) atoms. The maximum atomic E-state index is 5.46. The number of para-hydroxylation sites is 1. The molecule has 0 unspecified atom stereocenters. The monoisotopic (exact) mass is 252 g/mol. The normalized spacial score (nSPS) is 9.12. The van der Waals surface area contributed by atoms with Gasteiger partial charge in [-0.25, -0.2) is 0 Å². The number of nitrogens with zero attached hydrogens (tertiary/aromatic N) is 1. The molecule has 0 aliphatic rings. The van der Waals surface area contributed by atoms with Gasteiger partial charge in [-0.05, 0) is 24.3 Å². The number of rotatable bonds is 1. The van der Waals surface area contributed by atoms with Crippen molar-refractivity contribution in [2.45, 2.75) is 10.8 Å². The van der Waals surface area contributed by atoms with Gasteiger partial charge in [0.2, 0.25) is 0 Å². The number of nitrogens with two attached hydrogens (primary N) is 1. The van der Waals surface area contributed by atoms with Crippen LogP contribution in [0.5, 0.6) is 0 Å². The van der Waals surface area contributed by atoms with E-state index in [2.05, 4.69) is 17.6 Å². The van der Waals surface area contributed by atoms with E-state index < -0.39 is 0 Å². The second kappa shape index (κ2) is 7.14. The lowest BCUT2D eigenvalue weighted by Crippen LogP contribution is -1.83. The Hall–Kier alpha value is -1.19. The Morgan fingerprint density at radius 2 is 1.81 bits per heavy atom. The van der Waals surface area contributed by atoms with Gasteiger partial charge in [0.05, 0.1) is 11.6 Å². The molecule has 0 spiro atoms. The maximum absolute atomic E-state index is 5.46. The molecule has 0 aliphatic carbocycles. The minimum Gasteiger partial charge on any atom is -0.398 e. The van der Waals surface area contributed by atoms with Crippen molar-refractivity contribution in [3.8, 4) is 0 Å². The van der Waals surface area contributed by atoms with E-state index in [1.54, 1.807) is 6.20 Å². The summed E-state index contributed by atoms with van der Waals surface area (Å²) in [6, 6.07) is 13.2. The van der Waals surface area contributed by atoms with Gasteiger partial charge in [0, 0.05) is 16.8 Å². The summed E-state index contributed by atoms with van der Waals surface area (Å²) in [5, 5.41) is 0. The van der Waals surface area contributed by atoms with Crippen LogP contribution in [0.25, 0.3) is 0 Å². The summed E-state index contributed by atoms with van der Waals surface area (Å²) < 4.78 is 0. The van der Waals surface area contributed by atoms with Crippen molar-refractivity contribution in [2.75, 3.05) is 5.73 Å². The summed E-state index contributed by atoms with van der Waals surface area (Å²) >= 11 is 9.54. The van der Waals surface area contributed by atoms with Crippen LogP contribution < -0.4 is 5.73 Å². The molecule has 2 nitrogen and oxygen atoms in total. The van der Waals surface area contributed by atoms with Crippen molar-refractivity contribution in [3.05, 3.63) is 54.4 Å². The number of pyridine rings is 1. The first-order valence-electron chi connectivity index (χ1n) is 4.73. The lowest BCUT2D eigenvalue weighted by molar-refractivity contribution is 1.17. The highest BCUT2D eigenvalue weighted by molar-refractivity contribution is 7.80. The van der Waals surface area contributed by atoms with Crippen LogP contribution in [0.3, 0.4) is 0 Å². The molecule has 0 saturated carbocycles. The summed E-state index contributed by atoms with van der Waals surface area (Å²) in [5.74, 6) is 0.501. The number of halogens is 1. The van der Waals surface area contributed by atoms with Gasteiger partial charge in [-0.3, -0.25) is 4.98 Å². The highest BCUT2D eigenvalue weighted by Gasteiger charge is 1.85. The zero-order valence-electron chi connectivity index (χ0n) is 8.68. The first-order chi connectivity index (χ1) is 7.74. The number of benzene rings is 1. The van der Waals surface area contributed by atoms with Gasteiger partial charge in [0.25, 0.3) is 0 Å². The number of nitrogen functional groups attached to an aromatic ring is 1. The summed E-state index contributed by atoms with van der Waals surface area (Å²) in [7, 11) is 0. The third-order valence-corrected chi connectivity index (χ3v) is 2.48. The molecular formula is C12H13ClN2S. The van der Waals surface area contributed by atoms with Crippen LogP contribution in [0.2, 0.25) is 0 Å². The van der Waals surface area contributed by atoms with Gasteiger partial charge in [0.1, 0.15) is 0 Å². The molecule has 0 bridgehead atoms. The SMILES string of the molecule is ClCc1ccccn1.Nc1ccccc1S. The van der Waals surface area contributed by atoms with Gasteiger partial charge < -0.3 is 5.73 Å². The summed E-state index contributed by atoms with van der Waals surface area (Å²) in [4.78, 5) is 4.81. The molecule has 0 fully saturated rings. The van der Waals surface area contributed by atoms with E-state index in [-0.39, 0.29) is 0 Å². The van der Waals surface area contributed by atoms with Gasteiger partial charge in [0.15, 0.2) is 0 Å². The van der Waals surface area contributed by atoms with E-state index >= 15 is 0 Å². The summed E-state index contributed by atoms with van der Waals surface area (Å²) in [5.41, 5.74) is 7.10. The molecule has 0 aliphatic heterocycles. The standard InChI is InChI=1S/C6H6ClN.C6H7NS/c7-5-6-3-1-2-4-8-6;7-5-3-1-2-4-6(5)8/h1-4H,5H2;1-4,8H,7H2. The van der Waals surface area contributed by atoms with Crippen LogP contribution in [0.4, 0.5) is 5.69 Å². The molecule has 0 saturated heterocycles. The highest BCUT2D eigenvalue weighted by Crippen LogP contribution is 2.13. The fraction of sp³-hybridized carbons (Fsp3) is 0.0833. The fourth-order valence-corrected chi connectivity index (χ4v) is 1.28.